The summed E-state index contributed by atoms with van der Waals surface area (Å²) in [5, 5.41) is 20.8. The Bertz CT molecular complexity index is 1230. The summed E-state index contributed by atoms with van der Waals surface area (Å²) in [7, 11) is -3.09. The smallest absolute Gasteiger partial charge is 0.330 e. The molecule has 276 valence electrons. The average molecular weight is 725 g/mol. The molecule has 2 heterocycles. The number of benzene rings is 1. The number of carboxylic acids is 1. The third kappa shape index (κ3) is 14.7. The molecule has 12 nitrogen and oxygen atoms in total. The van der Waals surface area contributed by atoms with E-state index in [1.54, 1.807) is 11.8 Å². The fraction of sp³-hybridized carbons (Fsp3) is 0.714. The Balaban J connectivity index is 1.17. The Kier molecular flexibility index (Phi) is 18.6. The van der Waals surface area contributed by atoms with E-state index in [0.29, 0.717) is 57.3 Å². The van der Waals surface area contributed by atoms with E-state index in [4.69, 9.17) is 14.2 Å². The van der Waals surface area contributed by atoms with Gasteiger partial charge in [0.15, 0.2) is 0 Å². The Morgan fingerprint density at radius 1 is 0.878 bits per heavy atom. The van der Waals surface area contributed by atoms with Crippen LogP contribution in [0.2, 0.25) is 0 Å². The lowest BCUT2D eigenvalue weighted by atomic mass is 9.88. The van der Waals surface area contributed by atoms with Gasteiger partial charge >= 0.3 is 19.6 Å². The van der Waals surface area contributed by atoms with Crippen LogP contribution in [-0.4, -0.2) is 77.4 Å². The monoisotopic (exact) mass is 724 g/mol. The lowest BCUT2D eigenvalue weighted by Gasteiger charge is -2.32. The van der Waals surface area contributed by atoms with E-state index in [2.05, 4.69) is 21.3 Å². The predicted octanol–water partition coefficient (Wildman–Crippen LogP) is 6.14. The van der Waals surface area contributed by atoms with Crippen molar-refractivity contribution >= 4 is 43.2 Å². The van der Waals surface area contributed by atoms with E-state index in [1.807, 2.05) is 37.3 Å². The second-order valence-corrected chi connectivity index (χ2v) is 16.4. The van der Waals surface area contributed by atoms with Gasteiger partial charge in [0.1, 0.15) is 4.75 Å². The predicted molar refractivity (Wildman–Crippen MR) is 193 cm³/mol. The number of carbonyl (C=O) groups excluding carboxylic acids is 3. The van der Waals surface area contributed by atoms with E-state index in [9.17, 15) is 23.7 Å². The molecular formula is C35H57N4O8PS. The van der Waals surface area contributed by atoms with Crippen LogP contribution in [0.3, 0.4) is 0 Å². The Labute approximate surface area is 295 Å². The quantitative estimate of drug-likeness (QED) is 0.0406. The van der Waals surface area contributed by atoms with E-state index >= 15 is 0 Å². The molecule has 2 saturated heterocycles. The molecule has 0 bridgehead atoms. The van der Waals surface area contributed by atoms with E-state index in [-0.39, 0.29) is 43.0 Å². The molecule has 3 rings (SSSR count). The number of hydrogen-bond acceptors (Lipinski definition) is 8. The summed E-state index contributed by atoms with van der Waals surface area (Å²) < 4.78 is 23.4. The first kappa shape index (κ1) is 40.8. The summed E-state index contributed by atoms with van der Waals surface area (Å²) >= 11 is 1.54. The zero-order valence-electron chi connectivity index (χ0n) is 29.1. The van der Waals surface area contributed by atoms with Gasteiger partial charge in [-0.25, -0.2) is 4.79 Å². The van der Waals surface area contributed by atoms with Gasteiger partial charge in [-0.3, -0.25) is 18.9 Å². The first-order valence-electron chi connectivity index (χ1n) is 18.1. The largest absolute Gasteiger partial charge is 0.481 e. The summed E-state index contributed by atoms with van der Waals surface area (Å²) in [4.78, 5) is 48.4. The van der Waals surface area contributed by atoms with Crippen LogP contribution < -0.4 is 21.3 Å². The van der Waals surface area contributed by atoms with Gasteiger partial charge in [0, 0.05) is 31.7 Å². The van der Waals surface area contributed by atoms with Crippen molar-refractivity contribution in [2.75, 3.05) is 31.6 Å². The van der Waals surface area contributed by atoms with Crippen molar-refractivity contribution in [3.63, 3.8) is 0 Å². The highest BCUT2D eigenvalue weighted by Crippen LogP contribution is 2.49. The molecule has 0 radical (unpaired) electrons. The number of aliphatic carboxylic acids is 1. The topological polar surface area (TPSA) is 172 Å². The summed E-state index contributed by atoms with van der Waals surface area (Å²) in [5.41, 5.74) is 0.977. The number of rotatable bonds is 27. The van der Waals surface area contributed by atoms with E-state index < -0.39 is 18.3 Å². The first-order chi connectivity index (χ1) is 23.7. The van der Waals surface area contributed by atoms with Crippen molar-refractivity contribution < 1.29 is 37.9 Å². The maximum Gasteiger partial charge on any atom is 0.330 e. The number of carbonyl (C=O) groups is 4. The zero-order valence-corrected chi connectivity index (χ0v) is 30.8. The van der Waals surface area contributed by atoms with Gasteiger partial charge in [0.25, 0.3) is 0 Å². The maximum atomic E-state index is 13.4. The molecule has 49 heavy (non-hydrogen) atoms. The first-order valence-corrected chi connectivity index (χ1v) is 20.8. The fourth-order valence-electron chi connectivity index (χ4n) is 6.33. The van der Waals surface area contributed by atoms with Crippen LogP contribution in [0.1, 0.15) is 109 Å². The SMILES string of the molecule is CCOP(=O)(CCCCCCCCCC(=O)NCCCCCNC(=O)[C@@]1(CCCCC(=O)O)SC[C@@H]2NC(=O)N[C@@H]21)OCc1ccccc1. The molecule has 14 heteroatoms. The molecule has 0 saturated carbocycles. The second-order valence-electron chi connectivity index (χ2n) is 12.9. The summed E-state index contributed by atoms with van der Waals surface area (Å²) in [5.74, 6) is -0.242. The highest BCUT2D eigenvalue weighted by molar-refractivity contribution is 8.01. The highest BCUT2D eigenvalue weighted by atomic mass is 32.2. The lowest BCUT2D eigenvalue weighted by Crippen LogP contribution is -2.56. The molecule has 4 atom stereocenters. The summed E-state index contributed by atoms with van der Waals surface area (Å²) in [6.45, 7) is 3.60. The third-order valence-corrected chi connectivity index (χ3v) is 12.7. The Hall–Kier alpha value is -2.60. The maximum absolute atomic E-state index is 13.4. The van der Waals surface area contributed by atoms with Crippen LogP contribution in [0, 0.1) is 0 Å². The average Bonchev–Trinajstić information content (AvgIpc) is 3.62. The Morgan fingerprint density at radius 2 is 1.53 bits per heavy atom. The number of unbranched alkanes of at least 4 members (excludes halogenated alkanes) is 9. The summed E-state index contributed by atoms with van der Waals surface area (Å²) in [6, 6.07) is 9.01. The molecule has 4 amide bonds. The molecule has 0 spiro atoms. The van der Waals surface area contributed by atoms with Crippen LogP contribution in [0.5, 0.6) is 0 Å². The standard InChI is InChI=1S/C35H57N4O8PS/c1-2-46-48(45,47-26-28-18-10-8-11-19-28)25-17-7-5-3-4-6-12-20-30(40)36-23-15-9-16-24-37-33(43)35(22-14-13-21-31(41)42)32-29(27-49-35)38-34(44)39-32/h8,10-11,18-19,29,32H,2-7,9,12-17,20-27H2,1H3,(H,36,40)(H,37,43)(H,41,42)(H2,38,39,44)/t29-,32-,35-,48?/m0/s1. The minimum absolute atomic E-state index is 0.0630. The molecule has 2 aliphatic heterocycles. The molecule has 0 aliphatic carbocycles. The minimum Gasteiger partial charge on any atom is -0.481 e. The number of amides is 4. The van der Waals surface area contributed by atoms with Crippen LogP contribution in [0.25, 0.3) is 0 Å². The van der Waals surface area contributed by atoms with Crippen LogP contribution in [0.4, 0.5) is 4.79 Å². The molecule has 5 N–H and O–H groups in total. The van der Waals surface area contributed by atoms with Crippen molar-refractivity contribution in [1.29, 1.82) is 0 Å². The van der Waals surface area contributed by atoms with Gasteiger partial charge in [-0.05, 0) is 57.4 Å². The molecule has 1 aromatic rings. The number of hydrogen-bond donors (Lipinski definition) is 5. The van der Waals surface area contributed by atoms with Crippen molar-refractivity contribution in [3.8, 4) is 0 Å². The number of nitrogens with one attached hydrogen (secondary N) is 4. The van der Waals surface area contributed by atoms with Gasteiger partial charge in [-0.1, -0.05) is 68.9 Å². The molecule has 1 unspecified atom stereocenters. The molecule has 1 aromatic carbocycles. The van der Waals surface area contributed by atoms with Crippen LogP contribution >= 0.6 is 19.4 Å². The van der Waals surface area contributed by atoms with Crippen LogP contribution in [-0.2, 0) is 34.6 Å². The van der Waals surface area contributed by atoms with Crippen molar-refractivity contribution in [1.82, 2.24) is 21.3 Å². The second kappa shape index (κ2) is 22.3. The van der Waals surface area contributed by atoms with Crippen molar-refractivity contribution in [2.24, 2.45) is 0 Å². The van der Waals surface area contributed by atoms with Crippen molar-refractivity contribution in [3.05, 3.63) is 35.9 Å². The number of urea groups is 1. The lowest BCUT2D eigenvalue weighted by molar-refractivity contribution is -0.137. The normalized spacial score (nSPS) is 21.0. The summed E-state index contributed by atoms with van der Waals surface area (Å²) in [6.07, 6.45) is 11.9. The zero-order chi connectivity index (χ0) is 35.4. The van der Waals surface area contributed by atoms with Crippen LogP contribution in [0.15, 0.2) is 30.3 Å². The van der Waals surface area contributed by atoms with Gasteiger partial charge in [0.2, 0.25) is 11.8 Å². The fourth-order valence-corrected chi connectivity index (χ4v) is 9.66. The number of carboxylic acid groups (broad SMARTS) is 1. The number of thioether (sulfide) groups is 1. The Morgan fingerprint density at radius 3 is 2.24 bits per heavy atom. The van der Waals surface area contributed by atoms with E-state index in [0.717, 1.165) is 69.8 Å². The number of fused-ring (bicyclic) bond motifs is 1. The van der Waals surface area contributed by atoms with Crippen molar-refractivity contribution in [2.45, 2.75) is 127 Å². The third-order valence-electron chi connectivity index (χ3n) is 9.00. The van der Waals surface area contributed by atoms with Gasteiger partial charge < -0.3 is 35.4 Å². The molecular weight excluding hydrogens is 667 g/mol. The van der Waals surface area contributed by atoms with Gasteiger partial charge in [-0.2, -0.15) is 0 Å². The van der Waals surface area contributed by atoms with Gasteiger partial charge in [0.05, 0.1) is 31.5 Å². The van der Waals surface area contributed by atoms with Gasteiger partial charge in [-0.15, -0.1) is 11.8 Å². The molecule has 2 fully saturated rings. The minimum atomic E-state index is -3.09. The highest BCUT2D eigenvalue weighted by Gasteiger charge is 2.57. The molecule has 2 aliphatic rings. The molecule has 0 aromatic heterocycles. The van der Waals surface area contributed by atoms with E-state index in [1.165, 1.54) is 0 Å².